The van der Waals surface area contributed by atoms with Crippen LogP contribution in [0.4, 0.5) is 0 Å². The lowest BCUT2D eigenvalue weighted by Crippen LogP contribution is -1.90. The fraction of sp³-hybridized carbons (Fsp3) is 0. The van der Waals surface area contributed by atoms with Gasteiger partial charge in [0.1, 0.15) is 16.0 Å². The highest BCUT2D eigenvalue weighted by Gasteiger charge is 2.17. The van der Waals surface area contributed by atoms with Crippen molar-refractivity contribution in [3.8, 4) is 17.2 Å². The molecule has 0 saturated heterocycles. The van der Waals surface area contributed by atoms with E-state index in [0.717, 1.165) is 13.4 Å². The number of ether oxygens (including phenoxy) is 1. The van der Waals surface area contributed by atoms with Crippen molar-refractivity contribution in [1.29, 1.82) is 0 Å². The van der Waals surface area contributed by atoms with Gasteiger partial charge in [-0.1, -0.05) is 0 Å². The van der Waals surface area contributed by atoms with Gasteiger partial charge in [0, 0.05) is 8.95 Å². The van der Waals surface area contributed by atoms with E-state index in [9.17, 15) is 5.11 Å². The van der Waals surface area contributed by atoms with Crippen molar-refractivity contribution in [2.75, 3.05) is 0 Å². The lowest BCUT2D eigenvalue weighted by Gasteiger charge is -2.14. The Hall–Kier alpha value is 0.920. The maximum absolute atomic E-state index is 9.93. The van der Waals surface area contributed by atoms with Crippen LogP contribution in [-0.4, -0.2) is 5.11 Å². The van der Waals surface area contributed by atoms with E-state index in [1.54, 1.807) is 6.07 Å². The van der Waals surface area contributed by atoms with E-state index in [-0.39, 0.29) is 5.75 Å². The van der Waals surface area contributed by atoms with Gasteiger partial charge in [-0.25, -0.2) is 0 Å². The first kappa shape index (κ1) is 17.3. The lowest BCUT2D eigenvalue weighted by molar-refractivity contribution is 0.444. The number of hydrogen-bond donors (Lipinski definition) is 1. The van der Waals surface area contributed by atoms with Crippen LogP contribution < -0.4 is 4.74 Å². The quantitative estimate of drug-likeness (QED) is 0.334. The fourth-order valence-corrected chi connectivity index (χ4v) is 5.03. The molecule has 2 aromatic rings. The molecule has 0 heterocycles. The summed E-state index contributed by atoms with van der Waals surface area (Å²) in [5, 5.41) is 9.93. The van der Waals surface area contributed by atoms with Crippen LogP contribution in [0.3, 0.4) is 0 Å². The highest BCUT2D eigenvalue weighted by molar-refractivity contribution is 9.13. The number of hydrogen-bond acceptors (Lipinski definition) is 2. The SMILES string of the molecule is Oc1c(Br)cc(Br)c(Oc2cc(Br)c(Br)cc2Br)c1Br. The molecule has 8 heteroatoms. The number of phenolic OH excluding ortho intramolecular Hbond substituents is 1. The first-order chi connectivity index (χ1) is 9.31. The molecule has 0 bridgehead atoms. The molecule has 106 valence electrons. The summed E-state index contributed by atoms with van der Waals surface area (Å²) < 4.78 is 10.2. The molecular weight excluding hydrogens is 656 g/mol. The summed E-state index contributed by atoms with van der Waals surface area (Å²) in [5.41, 5.74) is 0. The van der Waals surface area contributed by atoms with E-state index in [0.29, 0.717) is 24.9 Å². The molecule has 2 rings (SSSR count). The van der Waals surface area contributed by atoms with Crippen LogP contribution >= 0.6 is 95.6 Å². The van der Waals surface area contributed by atoms with Crippen molar-refractivity contribution >= 4 is 95.6 Å². The van der Waals surface area contributed by atoms with Gasteiger partial charge in [0.25, 0.3) is 0 Å². The molecule has 20 heavy (non-hydrogen) atoms. The zero-order valence-electron chi connectivity index (χ0n) is 9.36. The second kappa shape index (κ2) is 7.00. The Morgan fingerprint density at radius 3 is 1.90 bits per heavy atom. The molecule has 0 spiro atoms. The van der Waals surface area contributed by atoms with Crippen molar-refractivity contribution in [3.05, 3.63) is 45.0 Å². The third-order valence-electron chi connectivity index (χ3n) is 2.29. The van der Waals surface area contributed by atoms with E-state index < -0.39 is 0 Å². The van der Waals surface area contributed by atoms with Gasteiger partial charge in [0.05, 0.1) is 13.4 Å². The van der Waals surface area contributed by atoms with Gasteiger partial charge < -0.3 is 9.84 Å². The summed E-state index contributed by atoms with van der Waals surface area (Å²) in [4.78, 5) is 0. The molecule has 0 aliphatic heterocycles. The first-order valence-corrected chi connectivity index (χ1v) is 9.76. The average molecular weight is 660 g/mol. The minimum atomic E-state index is 0.0792. The Morgan fingerprint density at radius 1 is 0.700 bits per heavy atom. The zero-order chi connectivity index (χ0) is 15.0. The topological polar surface area (TPSA) is 29.5 Å². The Balaban J connectivity index is 2.51. The number of halogens is 6. The number of rotatable bonds is 2. The molecule has 0 atom stereocenters. The zero-order valence-corrected chi connectivity index (χ0v) is 18.9. The Morgan fingerprint density at radius 2 is 1.25 bits per heavy atom. The minimum Gasteiger partial charge on any atom is -0.505 e. The molecule has 0 amide bonds. The van der Waals surface area contributed by atoms with E-state index >= 15 is 0 Å². The summed E-state index contributed by atoms with van der Waals surface area (Å²) in [6, 6.07) is 5.42. The number of phenols is 1. The van der Waals surface area contributed by atoms with E-state index in [1.807, 2.05) is 12.1 Å². The maximum atomic E-state index is 9.93. The Kier molecular flexibility index (Phi) is 6.05. The predicted octanol–water partition coefficient (Wildman–Crippen LogP) is 7.76. The number of aromatic hydroxyl groups is 1. The molecule has 2 nitrogen and oxygen atoms in total. The van der Waals surface area contributed by atoms with Gasteiger partial charge in [0.2, 0.25) is 0 Å². The molecular formula is C12H4Br6O2. The van der Waals surface area contributed by atoms with Crippen LogP contribution in [0.25, 0.3) is 0 Å². The molecule has 0 unspecified atom stereocenters. The Bertz CT molecular complexity index is 686. The van der Waals surface area contributed by atoms with Crippen LogP contribution in [0.15, 0.2) is 45.0 Å². The summed E-state index contributed by atoms with van der Waals surface area (Å²) in [6.07, 6.45) is 0. The molecule has 0 aliphatic carbocycles. The van der Waals surface area contributed by atoms with Crippen LogP contribution in [-0.2, 0) is 0 Å². The van der Waals surface area contributed by atoms with Gasteiger partial charge in [-0.15, -0.1) is 0 Å². The van der Waals surface area contributed by atoms with E-state index in [1.165, 1.54) is 0 Å². The molecule has 0 radical (unpaired) electrons. The second-order valence-electron chi connectivity index (χ2n) is 3.63. The highest BCUT2D eigenvalue weighted by atomic mass is 79.9. The minimum absolute atomic E-state index is 0.0792. The Labute approximate surface area is 166 Å². The number of benzene rings is 2. The van der Waals surface area contributed by atoms with Crippen LogP contribution in [0.1, 0.15) is 0 Å². The summed E-state index contributed by atoms with van der Waals surface area (Å²) in [6.45, 7) is 0. The normalized spacial score (nSPS) is 10.7. The smallest absolute Gasteiger partial charge is 0.159 e. The third kappa shape index (κ3) is 3.63. The predicted molar refractivity (Wildman–Crippen MR) is 101 cm³/mol. The van der Waals surface area contributed by atoms with Crippen molar-refractivity contribution in [3.63, 3.8) is 0 Å². The van der Waals surface area contributed by atoms with Gasteiger partial charge in [0.15, 0.2) is 5.75 Å². The van der Waals surface area contributed by atoms with Crippen molar-refractivity contribution in [2.24, 2.45) is 0 Å². The lowest BCUT2D eigenvalue weighted by atomic mass is 10.3. The summed E-state index contributed by atoms with van der Waals surface area (Å²) in [5.74, 6) is 1.18. The van der Waals surface area contributed by atoms with Crippen molar-refractivity contribution in [1.82, 2.24) is 0 Å². The first-order valence-electron chi connectivity index (χ1n) is 5.00. The molecule has 2 aromatic carbocycles. The van der Waals surface area contributed by atoms with Gasteiger partial charge in [-0.3, -0.25) is 0 Å². The van der Waals surface area contributed by atoms with E-state index in [2.05, 4.69) is 95.6 Å². The standard InChI is InChI=1S/C12H4Br6O2/c13-4-1-6(15)9(3-5(4)14)20-12-8(17)2-7(16)11(19)10(12)18/h1-3,19H. The average Bonchev–Trinajstić information content (AvgIpc) is 2.38. The highest BCUT2D eigenvalue weighted by Crippen LogP contribution is 2.47. The fourth-order valence-electron chi connectivity index (χ4n) is 1.35. The monoisotopic (exact) mass is 654 g/mol. The van der Waals surface area contributed by atoms with Crippen molar-refractivity contribution < 1.29 is 9.84 Å². The van der Waals surface area contributed by atoms with Gasteiger partial charge in [-0.2, -0.15) is 0 Å². The second-order valence-corrected chi connectivity index (χ2v) is 8.70. The molecule has 0 saturated carbocycles. The molecule has 1 N–H and O–H groups in total. The van der Waals surface area contributed by atoms with Crippen LogP contribution in [0.2, 0.25) is 0 Å². The maximum Gasteiger partial charge on any atom is 0.159 e. The summed E-state index contributed by atoms with van der Waals surface area (Å²) >= 11 is 20.3. The molecule has 0 aromatic heterocycles. The molecule has 0 fully saturated rings. The van der Waals surface area contributed by atoms with Crippen LogP contribution in [0.5, 0.6) is 17.2 Å². The largest absolute Gasteiger partial charge is 0.505 e. The third-order valence-corrected chi connectivity index (χ3v) is 6.68. The van der Waals surface area contributed by atoms with Crippen molar-refractivity contribution in [2.45, 2.75) is 0 Å². The van der Waals surface area contributed by atoms with E-state index in [4.69, 9.17) is 4.74 Å². The van der Waals surface area contributed by atoms with Gasteiger partial charge >= 0.3 is 0 Å². The molecule has 0 aliphatic rings. The summed E-state index contributed by atoms with van der Waals surface area (Å²) in [7, 11) is 0. The van der Waals surface area contributed by atoms with Crippen LogP contribution in [0, 0.1) is 0 Å². The van der Waals surface area contributed by atoms with Gasteiger partial charge in [-0.05, 0) is 114 Å².